The fourth-order valence-electron chi connectivity index (χ4n) is 4.74. The van der Waals surface area contributed by atoms with Crippen LogP contribution in [0.2, 0.25) is 0 Å². The Morgan fingerprint density at radius 1 is 1.09 bits per heavy atom. The largest absolute Gasteiger partial charge is 0.353 e. The van der Waals surface area contributed by atoms with Crippen LogP contribution in [0.1, 0.15) is 37.3 Å². The zero-order valence-electron chi connectivity index (χ0n) is 19.3. The molecule has 1 saturated heterocycles. The van der Waals surface area contributed by atoms with Crippen LogP contribution >= 0.6 is 15.9 Å². The van der Waals surface area contributed by atoms with Gasteiger partial charge in [0.1, 0.15) is 0 Å². The zero-order chi connectivity index (χ0) is 24.3. The van der Waals surface area contributed by atoms with E-state index in [2.05, 4.69) is 38.3 Å². The number of hydrogen-bond donors (Lipinski definition) is 1. The van der Waals surface area contributed by atoms with Crippen LogP contribution in [0.4, 0.5) is 5.69 Å². The Balaban J connectivity index is 1.32. The molecule has 0 atom stereocenters. The van der Waals surface area contributed by atoms with E-state index >= 15 is 0 Å². The number of carbonyl (C=O) groups excluding carboxylic acids is 2. The van der Waals surface area contributed by atoms with Gasteiger partial charge in [0.05, 0.1) is 16.3 Å². The number of nitrogens with one attached hydrogen (secondary N) is 1. The lowest BCUT2D eigenvalue weighted by molar-refractivity contribution is -0.121. The summed E-state index contributed by atoms with van der Waals surface area (Å²) in [6.45, 7) is 4.58. The lowest BCUT2D eigenvalue weighted by Gasteiger charge is -2.32. The Hall–Kier alpha value is -2.23. The van der Waals surface area contributed by atoms with Gasteiger partial charge in [0.2, 0.25) is 11.8 Å². The van der Waals surface area contributed by atoms with E-state index in [0.717, 1.165) is 38.0 Å². The van der Waals surface area contributed by atoms with Gasteiger partial charge in [0, 0.05) is 50.0 Å². The molecule has 1 fully saturated rings. The van der Waals surface area contributed by atoms with Crippen molar-refractivity contribution in [2.24, 2.45) is 0 Å². The average Bonchev–Trinajstić information content (AvgIpc) is 3.23. The number of carbonyl (C=O) groups is 2. The van der Waals surface area contributed by atoms with Gasteiger partial charge in [0.25, 0.3) is 0 Å². The molecule has 182 valence electrons. The van der Waals surface area contributed by atoms with E-state index in [1.807, 2.05) is 24.3 Å². The third kappa shape index (κ3) is 5.87. The Bertz CT molecular complexity index is 1160. The standard InChI is InChI=1S/C25H30BrN3O4S/c1-18(30)29-13-7-20-15-21(26)16-23(25(20)29)34(32,33)14-10-24(31)27-22-8-11-28(12-9-22)17-19-5-3-2-4-6-19/h2-6,15-16,22H,7-14,17H2,1H3,(H,27,31). The number of piperidine rings is 1. The van der Waals surface area contributed by atoms with Crippen LogP contribution in [0.3, 0.4) is 0 Å². The monoisotopic (exact) mass is 547 g/mol. The predicted octanol–water partition coefficient (Wildman–Crippen LogP) is 3.30. The van der Waals surface area contributed by atoms with E-state index in [1.165, 1.54) is 23.5 Å². The first-order valence-corrected chi connectivity index (χ1v) is 14.1. The van der Waals surface area contributed by atoms with Gasteiger partial charge in [0.15, 0.2) is 9.84 Å². The first-order chi connectivity index (χ1) is 16.2. The smallest absolute Gasteiger partial charge is 0.223 e. The molecule has 0 radical (unpaired) electrons. The molecule has 0 aromatic heterocycles. The number of halogens is 1. The summed E-state index contributed by atoms with van der Waals surface area (Å²) in [6.07, 6.45) is 2.20. The summed E-state index contributed by atoms with van der Waals surface area (Å²) in [5.74, 6) is -0.727. The molecule has 2 aromatic rings. The fourth-order valence-corrected chi connectivity index (χ4v) is 6.91. The van der Waals surface area contributed by atoms with Crippen LogP contribution in [-0.2, 0) is 32.4 Å². The van der Waals surface area contributed by atoms with E-state index < -0.39 is 9.84 Å². The van der Waals surface area contributed by atoms with E-state index in [9.17, 15) is 18.0 Å². The molecular formula is C25H30BrN3O4S. The Labute approximate surface area is 209 Å². The normalized spacial score (nSPS) is 16.9. The van der Waals surface area contributed by atoms with Crippen LogP contribution in [0, 0.1) is 0 Å². The number of fused-ring (bicyclic) bond motifs is 1. The average molecular weight is 549 g/mol. The SMILES string of the molecule is CC(=O)N1CCc2cc(Br)cc(S(=O)(=O)CCC(=O)NC3CCN(Cc4ccccc4)CC3)c21. The molecule has 0 bridgehead atoms. The van der Waals surface area contributed by atoms with Crippen molar-refractivity contribution in [3.05, 3.63) is 58.1 Å². The number of rotatable bonds is 7. The molecule has 2 aliphatic rings. The molecule has 7 nitrogen and oxygen atoms in total. The number of nitrogens with zero attached hydrogens (tertiary/aromatic N) is 2. The van der Waals surface area contributed by atoms with Crippen molar-refractivity contribution < 1.29 is 18.0 Å². The number of anilines is 1. The number of sulfone groups is 1. The van der Waals surface area contributed by atoms with E-state index in [1.54, 1.807) is 0 Å². The van der Waals surface area contributed by atoms with E-state index in [0.29, 0.717) is 23.1 Å². The highest BCUT2D eigenvalue weighted by atomic mass is 79.9. The summed E-state index contributed by atoms with van der Waals surface area (Å²) in [7, 11) is -3.75. The van der Waals surface area contributed by atoms with Crippen molar-refractivity contribution in [1.29, 1.82) is 0 Å². The Morgan fingerprint density at radius 2 is 1.79 bits per heavy atom. The first-order valence-electron chi connectivity index (χ1n) is 11.6. The minimum Gasteiger partial charge on any atom is -0.353 e. The summed E-state index contributed by atoms with van der Waals surface area (Å²) in [5.41, 5.74) is 2.56. The second-order valence-electron chi connectivity index (χ2n) is 9.00. The summed E-state index contributed by atoms with van der Waals surface area (Å²) in [4.78, 5) is 28.6. The maximum absolute atomic E-state index is 13.2. The highest BCUT2D eigenvalue weighted by Gasteiger charge is 2.31. The molecule has 4 rings (SSSR count). The van der Waals surface area contributed by atoms with Gasteiger partial charge in [-0.05, 0) is 42.5 Å². The van der Waals surface area contributed by atoms with Crippen LogP contribution in [0.5, 0.6) is 0 Å². The van der Waals surface area contributed by atoms with Crippen LogP contribution in [-0.4, -0.2) is 56.6 Å². The first kappa shape index (κ1) is 24.9. The Morgan fingerprint density at radius 3 is 2.47 bits per heavy atom. The van der Waals surface area contributed by atoms with Crippen LogP contribution in [0.25, 0.3) is 0 Å². The van der Waals surface area contributed by atoms with Gasteiger partial charge >= 0.3 is 0 Å². The molecule has 2 heterocycles. The summed E-state index contributed by atoms with van der Waals surface area (Å²) in [5, 5.41) is 3.01. The van der Waals surface area contributed by atoms with E-state index in [4.69, 9.17) is 0 Å². The molecule has 0 saturated carbocycles. The quantitative estimate of drug-likeness (QED) is 0.574. The van der Waals surface area contributed by atoms with Gasteiger partial charge in [-0.1, -0.05) is 46.3 Å². The minimum absolute atomic E-state index is 0.0607. The zero-order valence-corrected chi connectivity index (χ0v) is 21.7. The molecule has 2 aromatic carbocycles. The Kier molecular flexibility index (Phi) is 7.74. The van der Waals surface area contributed by atoms with E-state index in [-0.39, 0.29) is 34.9 Å². The molecule has 0 spiro atoms. The van der Waals surface area contributed by atoms with Crippen molar-refractivity contribution in [3.8, 4) is 0 Å². The lowest BCUT2D eigenvalue weighted by atomic mass is 10.0. The molecule has 0 aliphatic carbocycles. The van der Waals surface area contributed by atoms with Crippen molar-refractivity contribution >= 4 is 43.3 Å². The topological polar surface area (TPSA) is 86.8 Å². The highest BCUT2D eigenvalue weighted by Crippen LogP contribution is 2.38. The molecule has 1 N–H and O–H groups in total. The number of hydrogen-bond acceptors (Lipinski definition) is 5. The second-order valence-corrected chi connectivity index (χ2v) is 12.0. The van der Waals surface area contributed by atoms with Crippen LogP contribution < -0.4 is 10.2 Å². The number of amides is 2. The number of benzene rings is 2. The lowest BCUT2D eigenvalue weighted by Crippen LogP contribution is -2.44. The van der Waals surface area contributed by atoms with Crippen molar-refractivity contribution in [1.82, 2.24) is 10.2 Å². The predicted molar refractivity (Wildman–Crippen MR) is 135 cm³/mol. The van der Waals surface area contributed by atoms with Crippen molar-refractivity contribution in [2.45, 2.75) is 50.1 Å². The van der Waals surface area contributed by atoms with Gasteiger partial charge in [-0.3, -0.25) is 14.5 Å². The molecule has 2 aliphatic heterocycles. The van der Waals surface area contributed by atoms with Gasteiger partial charge < -0.3 is 10.2 Å². The maximum atomic E-state index is 13.2. The molecule has 0 unspecified atom stereocenters. The summed E-state index contributed by atoms with van der Waals surface area (Å²) >= 11 is 3.39. The number of likely N-dealkylation sites (tertiary alicyclic amines) is 1. The van der Waals surface area contributed by atoms with Gasteiger partial charge in [-0.15, -0.1) is 0 Å². The molecule has 34 heavy (non-hydrogen) atoms. The third-order valence-electron chi connectivity index (χ3n) is 6.51. The maximum Gasteiger partial charge on any atom is 0.223 e. The summed E-state index contributed by atoms with van der Waals surface area (Å²) < 4.78 is 27.0. The molecular weight excluding hydrogens is 518 g/mol. The minimum atomic E-state index is -3.75. The van der Waals surface area contributed by atoms with Gasteiger partial charge in [-0.2, -0.15) is 0 Å². The van der Waals surface area contributed by atoms with Crippen LogP contribution in [0.15, 0.2) is 51.8 Å². The molecule has 9 heteroatoms. The second kappa shape index (κ2) is 10.6. The summed E-state index contributed by atoms with van der Waals surface area (Å²) in [6, 6.07) is 13.8. The highest BCUT2D eigenvalue weighted by molar-refractivity contribution is 9.10. The van der Waals surface area contributed by atoms with Crippen molar-refractivity contribution in [2.75, 3.05) is 30.3 Å². The van der Waals surface area contributed by atoms with Crippen molar-refractivity contribution in [3.63, 3.8) is 0 Å². The fraction of sp³-hybridized carbons (Fsp3) is 0.440. The third-order valence-corrected chi connectivity index (χ3v) is 8.69. The molecule has 2 amide bonds. The van der Waals surface area contributed by atoms with Gasteiger partial charge in [-0.25, -0.2) is 8.42 Å².